The molecule has 6 heteroatoms. The number of fused-ring (bicyclic) bond motifs is 4. The molecule has 27 heavy (non-hydrogen) atoms. The lowest BCUT2D eigenvalue weighted by Gasteiger charge is -2.13. The molecule has 0 amide bonds. The first kappa shape index (κ1) is 15.3. The summed E-state index contributed by atoms with van der Waals surface area (Å²) in [6.45, 7) is 0. The van der Waals surface area contributed by atoms with Crippen LogP contribution in [0.25, 0.3) is 22.3 Å². The summed E-state index contributed by atoms with van der Waals surface area (Å²) in [5.41, 5.74) is 2.58. The second-order valence-corrected chi connectivity index (χ2v) is 6.13. The number of ether oxygens (including phenoxy) is 1. The minimum atomic E-state index is -0.383. The molecule has 2 aromatic carbocycles. The van der Waals surface area contributed by atoms with E-state index < -0.39 is 0 Å². The number of nitrogens with zero attached hydrogens (tertiary/aromatic N) is 3. The predicted molar refractivity (Wildman–Crippen MR) is 96.1 cm³/mol. The van der Waals surface area contributed by atoms with Gasteiger partial charge in [-0.15, -0.1) is 0 Å². The zero-order chi connectivity index (χ0) is 18.5. The number of rotatable bonds is 2. The minimum absolute atomic E-state index is 0.251. The third-order valence-corrected chi connectivity index (χ3v) is 4.52. The van der Waals surface area contributed by atoms with E-state index >= 15 is 0 Å². The van der Waals surface area contributed by atoms with E-state index in [-0.39, 0.29) is 11.7 Å². The molecule has 0 saturated heterocycles. The number of aromatic nitrogens is 2. The Kier molecular flexibility index (Phi) is 3.12. The normalized spacial score (nSPS) is 11.9. The molecule has 0 radical (unpaired) electrons. The summed E-state index contributed by atoms with van der Waals surface area (Å²) in [6.07, 6.45) is 1.67. The Morgan fingerprint density at radius 3 is 2.70 bits per heavy atom. The van der Waals surface area contributed by atoms with Gasteiger partial charge in [-0.3, -0.25) is 9.36 Å². The molecule has 0 saturated carbocycles. The topological polar surface area (TPSA) is 67.9 Å². The zero-order valence-electron chi connectivity index (χ0n) is 13.8. The fraction of sp³-hybridized carbons (Fsp3) is 0. The second kappa shape index (κ2) is 5.51. The quantitative estimate of drug-likeness (QED) is 0.467. The molecule has 0 aliphatic carbocycles. The summed E-state index contributed by atoms with van der Waals surface area (Å²) in [7, 11) is 0. The van der Waals surface area contributed by atoms with E-state index in [0.29, 0.717) is 44.9 Å². The molecule has 128 valence electrons. The molecule has 1 aliphatic heterocycles. The summed E-state index contributed by atoms with van der Waals surface area (Å²) >= 11 is 0. The average Bonchev–Trinajstić information content (AvgIpc) is 3.26. The van der Waals surface area contributed by atoms with Crippen molar-refractivity contribution in [3.63, 3.8) is 0 Å². The first-order valence-electron chi connectivity index (χ1n) is 8.19. The van der Waals surface area contributed by atoms with E-state index in [1.807, 2.05) is 6.07 Å². The van der Waals surface area contributed by atoms with E-state index in [2.05, 4.69) is 11.1 Å². The van der Waals surface area contributed by atoms with Crippen molar-refractivity contribution in [3.05, 3.63) is 77.7 Å². The maximum absolute atomic E-state index is 13.2. The number of benzene rings is 2. The van der Waals surface area contributed by atoms with Crippen LogP contribution in [0.2, 0.25) is 0 Å². The lowest BCUT2D eigenvalue weighted by atomic mass is 10.0. The molecular formula is C21H10FN3O2. The van der Waals surface area contributed by atoms with Crippen molar-refractivity contribution in [2.75, 3.05) is 0 Å². The van der Waals surface area contributed by atoms with E-state index in [9.17, 15) is 14.4 Å². The van der Waals surface area contributed by atoms with Gasteiger partial charge < -0.3 is 4.74 Å². The molecule has 0 spiro atoms. The molecule has 5 rings (SSSR count). The fourth-order valence-electron chi connectivity index (χ4n) is 3.29. The third-order valence-electron chi connectivity index (χ3n) is 4.52. The minimum Gasteiger partial charge on any atom is -0.456 e. The van der Waals surface area contributed by atoms with Gasteiger partial charge in [0.1, 0.15) is 22.8 Å². The van der Waals surface area contributed by atoms with Gasteiger partial charge in [-0.1, -0.05) is 0 Å². The van der Waals surface area contributed by atoms with E-state index in [4.69, 9.17) is 4.74 Å². The van der Waals surface area contributed by atoms with Crippen molar-refractivity contribution in [2.24, 2.45) is 0 Å². The summed E-state index contributed by atoms with van der Waals surface area (Å²) in [4.78, 5) is 17.6. The predicted octanol–water partition coefficient (Wildman–Crippen LogP) is 4.51. The maximum Gasteiger partial charge on any atom is 0.268 e. The van der Waals surface area contributed by atoms with Gasteiger partial charge >= 0.3 is 0 Å². The molecule has 0 N–H and O–H groups in total. The van der Waals surface area contributed by atoms with Crippen molar-refractivity contribution in [2.45, 2.75) is 0 Å². The molecule has 1 aliphatic rings. The van der Waals surface area contributed by atoms with Gasteiger partial charge in [-0.05, 0) is 54.6 Å². The highest BCUT2D eigenvalue weighted by Gasteiger charge is 2.33. The number of hydrogen-bond donors (Lipinski definition) is 0. The summed E-state index contributed by atoms with van der Waals surface area (Å²) in [5.74, 6) is 0.0649. The Hall–Kier alpha value is -3.98. The Bertz CT molecular complexity index is 1280. The second-order valence-electron chi connectivity index (χ2n) is 6.13. The molecule has 4 aromatic rings. The van der Waals surface area contributed by atoms with Crippen LogP contribution in [0.3, 0.4) is 0 Å². The molecule has 0 unspecified atom stereocenters. The number of pyridine rings is 1. The van der Waals surface area contributed by atoms with Crippen molar-refractivity contribution in [1.82, 2.24) is 9.55 Å². The monoisotopic (exact) mass is 355 g/mol. The van der Waals surface area contributed by atoms with Crippen LogP contribution in [0.15, 0.2) is 60.8 Å². The summed E-state index contributed by atoms with van der Waals surface area (Å²) in [6, 6.07) is 16.3. The maximum atomic E-state index is 13.2. The summed E-state index contributed by atoms with van der Waals surface area (Å²) in [5, 5.41) is 9.79. The number of hydrogen-bond acceptors (Lipinski definition) is 4. The van der Waals surface area contributed by atoms with E-state index in [1.54, 1.807) is 30.5 Å². The van der Waals surface area contributed by atoms with Crippen LogP contribution < -0.4 is 4.74 Å². The lowest BCUT2D eigenvalue weighted by molar-refractivity contribution is 0.0967. The molecule has 0 fully saturated rings. The van der Waals surface area contributed by atoms with Gasteiger partial charge in [-0.25, -0.2) is 9.37 Å². The van der Waals surface area contributed by atoms with Gasteiger partial charge in [0.05, 0.1) is 22.8 Å². The lowest BCUT2D eigenvalue weighted by Crippen LogP contribution is -2.06. The fourth-order valence-corrected chi connectivity index (χ4v) is 3.29. The van der Waals surface area contributed by atoms with Gasteiger partial charge in [0, 0.05) is 11.6 Å². The summed E-state index contributed by atoms with van der Waals surface area (Å²) < 4.78 is 20.8. The number of carbonyl (C=O) groups is 1. The van der Waals surface area contributed by atoms with Gasteiger partial charge in [0.15, 0.2) is 5.75 Å². The molecule has 0 bridgehead atoms. The zero-order valence-corrected chi connectivity index (χ0v) is 13.8. The van der Waals surface area contributed by atoms with Crippen LogP contribution in [0, 0.1) is 17.1 Å². The molecule has 3 heterocycles. The number of carbonyl (C=O) groups excluding carboxylic acids is 1. The van der Waals surface area contributed by atoms with Crippen molar-refractivity contribution >= 4 is 16.8 Å². The van der Waals surface area contributed by atoms with Crippen molar-refractivity contribution in [1.29, 1.82) is 5.26 Å². The van der Waals surface area contributed by atoms with Crippen LogP contribution >= 0.6 is 0 Å². The van der Waals surface area contributed by atoms with E-state index in [1.165, 1.54) is 28.8 Å². The largest absolute Gasteiger partial charge is 0.456 e. The first-order chi connectivity index (χ1) is 13.2. The van der Waals surface area contributed by atoms with E-state index in [0.717, 1.165) is 0 Å². The van der Waals surface area contributed by atoms with Crippen molar-refractivity contribution in [3.8, 4) is 29.0 Å². The highest BCUT2D eigenvalue weighted by molar-refractivity contribution is 6.13. The number of nitriles is 1. The van der Waals surface area contributed by atoms with Crippen LogP contribution in [-0.4, -0.2) is 15.5 Å². The standard InChI is InChI=1S/C21H10FN3O2/c22-13-4-6-14(7-5-13)27-20-15-10-12(11-23)3-8-16(15)24-19-17-2-1-9-25(17)21(26)18(19)20/h1-10H. The third kappa shape index (κ3) is 2.22. The smallest absolute Gasteiger partial charge is 0.268 e. The Morgan fingerprint density at radius 2 is 1.93 bits per heavy atom. The average molecular weight is 355 g/mol. The molecular weight excluding hydrogens is 345 g/mol. The first-order valence-corrected chi connectivity index (χ1v) is 8.19. The highest BCUT2D eigenvalue weighted by Crippen LogP contribution is 2.42. The van der Waals surface area contributed by atoms with Crippen molar-refractivity contribution < 1.29 is 13.9 Å². The molecule has 5 nitrogen and oxygen atoms in total. The number of halogens is 1. The Morgan fingerprint density at radius 1 is 1.11 bits per heavy atom. The molecule has 0 atom stereocenters. The van der Waals surface area contributed by atoms with Gasteiger partial charge in [-0.2, -0.15) is 5.26 Å². The van der Waals surface area contributed by atoms with Crippen LogP contribution in [0.4, 0.5) is 4.39 Å². The van der Waals surface area contributed by atoms with Crippen LogP contribution in [0.1, 0.15) is 15.9 Å². The van der Waals surface area contributed by atoms with Gasteiger partial charge in [0.2, 0.25) is 0 Å². The van der Waals surface area contributed by atoms with Crippen LogP contribution in [-0.2, 0) is 0 Å². The van der Waals surface area contributed by atoms with Crippen LogP contribution in [0.5, 0.6) is 11.5 Å². The Labute approximate surface area is 152 Å². The molecule has 2 aromatic heterocycles. The Balaban J connectivity index is 1.81. The highest BCUT2D eigenvalue weighted by atomic mass is 19.1. The van der Waals surface area contributed by atoms with Gasteiger partial charge in [0.25, 0.3) is 5.91 Å². The SMILES string of the molecule is N#Cc1ccc2nc3c(c(Oc4ccc(F)cc4)c2c1)C(=O)n1cccc1-3.